The monoisotopic (exact) mass is 313 g/mol. The lowest BCUT2D eigenvalue weighted by Crippen LogP contribution is -2.25. The van der Waals surface area contributed by atoms with E-state index < -0.39 is 0 Å². The number of nitrogens with one attached hydrogen (secondary N) is 1. The number of likely N-dealkylation sites (tertiary alicyclic amines) is 1. The first-order chi connectivity index (χ1) is 10.8. The van der Waals surface area contributed by atoms with Gasteiger partial charge in [0.15, 0.2) is 0 Å². The van der Waals surface area contributed by atoms with Crippen molar-refractivity contribution in [2.45, 2.75) is 13.0 Å². The van der Waals surface area contributed by atoms with Gasteiger partial charge in [-0.3, -0.25) is 14.7 Å². The summed E-state index contributed by atoms with van der Waals surface area (Å²) in [6.07, 6.45) is 4.05. The molecule has 114 valence electrons. The number of aromatic nitrogens is 1. The maximum atomic E-state index is 12.1. The highest BCUT2D eigenvalue weighted by Gasteiger charge is 2.55. The second kappa shape index (κ2) is 5.82. The van der Waals surface area contributed by atoms with Crippen molar-refractivity contribution in [2.75, 3.05) is 18.4 Å². The SMILES string of the molecule is O=C(CC1[C@H]2CN(Cc3ccsc3)C[C@@H]12)Nc1cccnc1. The molecule has 5 heteroatoms. The Hall–Kier alpha value is -1.72. The van der Waals surface area contributed by atoms with Gasteiger partial charge in [0.05, 0.1) is 11.9 Å². The number of hydrogen-bond acceptors (Lipinski definition) is 4. The van der Waals surface area contributed by atoms with Gasteiger partial charge in [0.1, 0.15) is 0 Å². The number of nitrogens with zero attached hydrogens (tertiary/aromatic N) is 2. The van der Waals surface area contributed by atoms with Gasteiger partial charge in [-0.15, -0.1) is 0 Å². The number of carbonyl (C=O) groups is 1. The number of anilines is 1. The summed E-state index contributed by atoms with van der Waals surface area (Å²) in [5.74, 6) is 2.14. The molecule has 2 aromatic rings. The standard InChI is InChI=1S/C17H19N3OS/c21-17(19-13-2-1-4-18-7-13)6-14-15-9-20(10-16(14)15)8-12-3-5-22-11-12/h1-5,7,11,14-16H,6,8-10H2,(H,19,21)/t14?,15-,16+. The van der Waals surface area contributed by atoms with Gasteiger partial charge in [-0.05, 0) is 52.3 Å². The van der Waals surface area contributed by atoms with Crippen LogP contribution in [0.15, 0.2) is 41.4 Å². The summed E-state index contributed by atoms with van der Waals surface area (Å²) in [5, 5.41) is 7.30. The molecular weight excluding hydrogens is 294 g/mol. The van der Waals surface area contributed by atoms with Gasteiger partial charge < -0.3 is 5.32 Å². The number of fused-ring (bicyclic) bond motifs is 1. The molecule has 1 saturated carbocycles. The number of hydrogen-bond donors (Lipinski definition) is 1. The minimum atomic E-state index is 0.122. The van der Waals surface area contributed by atoms with Crippen LogP contribution in [0, 0.1) is 17.8 Å². The van der Waals surface area contributed by atoms with Crippen molar-refractivity contribution >= 4 is 22.9 Å². The molecule has 2 aliphatic rings. The lowest BCUT2D eigenvalue weighted by molar-refractivity contribution is -0.116. The van der Waals surface area contributed by atoms with Crippen molar-refractivity contribution in [2.24, 2.45) is 17.8 Å². The minimum Gasteiger partial charge on any atom is -0.325 e. The van der Waals surface area contributed by atoms with Crippen LogP contribution >= 0.6 is 11.3 Å². The van der Waals surface area contributed by atoms with Crippen molar-refractivity contribution < 1.29 is 4.79 Å². The van der Waals surface area contributed by atoms with Crippen molar-refractivity contribution in [3.05, 3.63) is 46.9 Å². The molecule has 4 rings (SSSR count). The van der Waals surface area contributed by atoms with Crippen molar-refractivity contribution in [3.8, 4) is 0 Å². The Morgan fingerprint density at radius 1 is 1.36 bits per heavy atom. The molecule has 0 spiro atoms. The van der Waals surface area contributed by atoms with E-state index in [2.05, 4.69) is 32.0 Å². The Morgan fingerprint density at radius 2 is 2.23 bits per heavy atom. The molecule has 1 amide bonds. The summed E-state index contributed by atoms with van der Waals surface area (Å²) in [7, 11) is 0. The summed E-state index contributed by atoms with van der Waals surface area (Å²) >= 11 is 1.76. The molecule has 0 aromatic carbocycles. The first-order valence-corrected chi connectivity index (χ1v) is 8.67. The fourth-order valence-corrected chi connectivity index (χ4v) is 4.33. The molecule has 1 saturated heterocycles. The number of pyridine rings is 1. The highest BCUT2D eigenvalue weighted by atomic mass is 32.1. The number of thiophene rings is 1. The average Bonchev–Trinajstić information content (AvgIpc) is 2.93. The maximum absolute atomic E-state index is 12.1. The molecule has 22 heavy (non-hydrogen) atoms. The molecule has 4 nitrogen and oxygen atoms in total. The van der Waals surface area contributed by atoms with Crippen molar-refractivity contribution in [1.29, 1.82) is 0 Å². The van der Waals surface area contributed by atoms with Gasteiger partial charge in [-0.25, -0.2) is 0 Å². The highest BCUT2D eigenvalue weighted by Crippen LogP contribution is 2.53. The molecule has 0 radical (unpaired) electrons. The summed E-state index contributed by atoms with van der Waals surface area (Å²) in [5.41, 5.74) is 2.20. The van der Waals surface area contributed by atoms with Gasteiger partial charge in [0.2, 0.25) is 5.91 Å². The topological polar surface area (TPSA) is 45.2 Å². The van der Waals surface area contributed by atoms with Crippen LogP contribution in [0.25, 0.3) is 0 Å². The molecule has 3 heterocycles. The Balaban J connectivity index is 1.24. The maximum Gasteiger partial charge on any atom is 0.224 e. The number of carbonyl (C=O) groups excluding carboxylic acids is 1. The summed E-state index contributed by atoms with van der Waals surface area (Å²) in [4.78, 5) is 18.6. The smallest absolute Gasteiger partial charge is 0.224 e. The van der Waals surface area contributed by atoms with E-state index in [0.717, 1.165) is 37.2 Å². The normalized spacial score (nSPS) is 26.6. The quantitative estimate of drug-likeness (QED) is 0.923. The van der Waals surface area contributed by atoms with E-state index in [1.807, 2.05) is 12.1 Å². The van der Waals surface area contributed by atoms with E-state index in [1.54, 1.807) is 23.7 Å². The Labute approximate surface area is 134 Å². The van der Waals surface area contributed by atoms with E-state index in [4.69, 9.17) is 0 Å². The Bertz CT molecular complexity index is 631. The molecule has 1 aliphatic heterocycles. The molecule has 2 aromatic heterocycles. The molecule has 0 bridgehead atoms. The lowest BCUT2D eigenvalue weighted by atomic mass is 10.1. The predicted molar refractivity (Wildman–Crippen MR) is 87.5 cm³/mol. The van der Waals surface area contributed by atoms with E-state index >= 15 is 0 Å². The molecular formula is C17H19N3OS. The van der Waals surface area contributed by atoms with Crippen LogP contribution in [-0.2, 0) is 11.3 Å². The third-order valence-electron chi connectivity index (χ3n) is 4.80. The van der Waals surface area contributed by atoms with Gasteiger partial charge in [-0.1, -0.05) is 0 Å². The summed E-state index contributed by atoms with van der Waals surface area (Å²) in [6.45, 7) is 3.35. The molecule has 1 aliphatic carbocycles. The zero-order valence-corrected chi connectivity index (χ0v) is 13.1. The second-order valence-electron chi connectivity index (χ2n) is 6.31. The Morgan fingerprint density at radius 3 is 2.91 bits per heavy atom. The minimum absolute atomic E-state index is 0.122. The average molecular weight is 313 g/mol. The summed E-state index contributed by atoms with van der Waals surface area (Å²) < 4.78 is 0. The van der Waals surface area contributed by atoms with E-state index in [0.29, 0.717) is 12.3 Å². The van der Waals surface area contributed by atoms with Crippen LogP contribution in [0.1, 0.15) is 12.0 Å². The van der Waals surface area contributed by atoms with Crippen molar-refractivity contribution in [3.63, 3.8) is 0 Å². The largest absolute Gasteiger partial charge is 0.325 e. The zero-order chi connectivity index (χ0) is 14.9. The van der Waals surface area contributed by atoms with Crippen LogP contribution < -0.4 is 5.32 Å². The highest BCUT2D eigenvalue weighted by molar-refractivity contribution is 7.07. The van der Waals surface area contributed by atoms with Gasteiger partial charge >= 0.3 is 0 Å². The summed E-state index contributed by atoms with van der Waals surface area (Å²) in [6, 6.07) is 5.92. The van der Waals surface area contributed by atoms with Gasteiger partial charge in [0, 0.05) is 32.3 Å². The van der Waals surface area contributed by atoms with Crippen LogP contribution in [0.2, 0.25) is 0 Å². The third-order valence-corrected chi connectivity index (χ3v) is 5.53. The van der Waals surface area contributed by atoms with E-state index in [1.165, 1.54) is 5.56 Å². The fourth-order valence-electron chi connectivity index (χ4n) is 3.67. The number of amides is 1. The van der Waals surface area contributed by atoms with E-state index in [9.17, 15) is 4.79 Å². The van der Waals surface area contributed by atoms with Crippen molar-refractivity contribution in [1.82, 2.24) is 9.88 Å². The van der Waals surface area contributed by atoms with Crippen LogP contribution in [-0.4, -0.2) is 28.9 Å². The first-order valence-electron chi connectivity index (χ1n) is 7.73. The molecule has 2 fully saturated rings. The molecule has 1 unspecified atom stereocenters. The number of piperidine rings is 1. The second-order valence-corrected chi connectivity index (χ2v) is 7.09. The Kier molecular flexibility index (Phi) is 3.68. The predicted octanol–water partition coefficient (Wildman–Crippen LogP) is 2.85. The van der Waals surface area contributed by atoms with Crippen LogP contribution in [0.5, 0.6) is 0 Å². The van der Waals surface area contributed by atoms with Gasteiger partial charge in [-0.2, -0.15) is 11.3 Å². The van der Waals surface area contributed by atoms with Crippen LogP contribution in [0.3, 0.4) is 0 Å². The van der Waals surface area contributed by atoms with E-state index in [-0.39, 0.29) is 5.91 Å². The van der Waals surface area contributed by atoms with Crippen LogP contribution in [0.4, 0.5) is 5.69 Å². The lowest BCUT2D eigenvalue weighted by Gasteiger charge is -2.18. The number of rotatable bonds is 5. The molecule has 1 N–H and O–H groups in total. The zero-order valence-electron chi connectivity index (χ0n) is 12.3. The fraction of sp³-hybridized carbons (Fsp3) is 0.412. The van der Waals surface area contributed by atoms with Gasteiger partial charge in [0.25, 0.3) is 0 Å². The first kappa shape index (κ1) is 13.9. The third kappa shape index (κ3) is 2.91. The molecule has 3 atom stereocenters.